The predicted octanol–water partition coefficient (Wildman–Crippen LogP) is 3.31. The molecule has 1 N–H and O–H groups in total. The second-order valence-electron chi connectivity index (χ2n) is 8.48. The summed E-state index contributed by atoms with van der Waals surface area (Å²) in [6, 6.07) is 13.9. The Balaban J connectivity index is 1.68. The van der Waals surface area contributed by atoms with Gasteiger partial charge in [0.05, 0.1) is 24.8 Å². The number of hydrogen-bond acceptors (Lipinski definition) is 6. The van der Waals surface area contributed by atoms with Crippen LogP contribution in [0.3, 0.4) is 0 Å². The molecule has 0 bridgehead atoms. The molecule has 1 amide bonds. The summed E-state index contributed by atoms with van der Waals surface area (Å²) in [7, 11) is 0. The van der Waals surface area contributed by atoms with E-state index >= 15 is 0 Å². The number of Topliss-reactive ketones (excluding diaryl/α,β-unsaturated/α-hetero) is 1. The number of amides is 1. The normalized spacial score (nSPS) is 20.5. The van der Waals surface area contributed by atoms with Crippen molar-refractivity contribution in [1.29, 1.82) is 0 Å². The molecule has 34 heavy (non-hydrogen) atoms. The Bertz CT molecular complexity index is 1070. The van der Waals surface area contributed by atoms with Crippen LogP contribution in [-0.4, -0.2) is 72.6 Å². The molecule has 178 valence electrons. The molecule has 1 atom stereocenters. The number of aliphatic hydroxyl groups excluding tert-OH is 1. The van der Waals surface area contributed by atoms with Gasteiger partial charge in [-0.3, -0.25) is 14.5 Å². The highest BCUT2D eigenvalue weighted by Crippen LogP contribution is 2.39. The highest BCUT2D eigenvalue weighted by Gasteiger charge is 2.46. The van der Waals surface area contributed by atoms with E-state index < -0.39 is 17.7 Å². The van der Waals surface area contributed by atoms with Gasteiger partial charge in [0, 0.05) is 31.7 Å². The van der Waals surface area contributed by atoms with Gasteiger partial charge >= 0.3 is 0 Å². The summed E-state index contributed by atoms with van der Waals surface area (Å²) in [6.07, 6.45) is 1.65. The van der Waals surface area contributed by atoms with Crippen molar-refractivity contribution in [2.24, 2.45) is 0 Å². The number of aryl methyl sites for hydroxylation is 1. The Morgan fingerprint density at radius 1 is 1.09 bits per heavy atom. The Morgan fingerprint density at radius 2 is 1.76 bits per heavy atom. The largest absolute Gasteiger partial charge is 0.507 e. The molecule has 0 spiro atoms. The molecule has 0 unspecified atom stereocenters. The van der Waals surface area contributed by atoms with Gasteiger partial charge in [0.15, 0.2) is 0 Å². The quantitative estimate of drug-likeness (QED) is 0.281. The molecule has 2 fully saturated rings. The van der Waals surface area contributed by atoms with Crippen molar-refractivity contribution in [3.05, 3.63) is 83.4 Å². The average molecular weight is 463 g/mol. The van der Waals surface area contributed by atoms with Crippen molar-refractivity contribution in [3.8, 4) is 5.75 Å². The number of hydrogen-bond donors (Lipinski definition) is 1. The molecule has 0 radical (unpaired) electrons. The lowest BCUT2D eigenvalue weighted by Crippen LogP contribution is -2.42. The standard InChI is InChI=1S/C27H30N2O5/c1-3-16-34-22-10-8-21(9-11-22)25(30)23-24(20-6-4-19(2)5-7-20)29(27(32)26(23)31)13-12-28-14-17-33-18-15-28/h3-11,24,30H,1,12-18H2,2H3/t24-/m1/s1. The zero-order valence-corrected chi connectivity index (χ0v) is 19.4. The second kappa shape index (κ2) is 10.7. The van der Waals surface area contributed by atoms with Crippen LogP contribution in [0.25, 0.3) is 5.76 Å². The number of carbonyl (C=O) groups excluding carboxylic acids is 2. The summed E-state index contributed by atoms with van der Waals surface area (Å²) in [5.41, 5.74) is 2.42. The van der Waals surface area contributed by atoms with Gasteiger partial charge in [0.25, 0.3) is 11.7 Å². The SMILES string of the molecule is C=CCOc1ccc(C(O)=C2C(=O)C(=O)N(CCN3CCOCC3)[C@@H]2c2ccc(C)cc2)cc1. The molecule has 0 saturated carbocycles. The summed E-state index contributed by atoms with van der Waals surface area (Å²) in [6.45, 7) is 9.89. The number of ether oxygens (including phenoxy) is 2. The molecule has 7 nitrogen and oxygen atoms in total. The minimum atomic E-state index is -0.669. The molecular weight excluding hydrogens is 432 g/mol. The third kappa shape index (κ3) is 5.05. The van der Waals surface area contributed by atoms with E-state index in [4.69, 9.17) is 9.47 Å². The number of rotatable bonds is 8. The maximum absolute atomic E-state index is 13.2. The lowest BCUT2D eigenvalue weighted by molar-refractivity contribution is -0.140. The van der Waals surface area contributed by atoms with Crippen LogP contribution in [0, 0.1) is 6.92 Å². The molecule has 0 aromatic heterocycles. The van der Waals surface area contributed by atoms with Gasteiger partial charge in [-0.25, -0.2) is 0 Å². The van der Waals surface area contributed by atoms with Crippen LogP contribution in [0.4, 0.5) is 0 Å². The lowest BCUT2D eigenvalue weighted by Gasteiger charge is -2.31. The number of morpholine rings is 1. The molecule has 2 heterocycles. The molecule has 2 aromatic rings. The van der Waals surface area contributed by atoms with Crippen LogP contribution in [0.2, 0.25) is 0 Å². The van der Waals surface area contributed by atoms with Crippen molar-refractivity contribution in [1.82, 2.24) is 9.80 Å². The van der Waals surface area contributed by atoms with Gasteiger partial charge in [-0.1, -0.05) is 42.5 Å². The molecule has 4 rings (SSSR count). The van der Waals surface area contributed by atoms with Gasteiger partial charge in [-0.2, -0.15) is 0 Å². The lowest BCUT2D eigenvalue weighted by atomic mass is 9.94. The van der Waals surface area contributed by atoms with Crippen LogP contribution < -0.4 is 4.74 Å². The third-order valence-corrected chi connectivity index (χ3v) is 6.19. The van der Waals surface area contributed by atoms with Crippen molar-refractivity contribution in [2.45, 2.75) is 13.0 Å². The molecule has 7 heteroatoms. The fourth-order valence-corrected chi connectivity index (χ4v) is 4.30. The van der Waals surface area contributed by atoms with E-state index in [0.717, 1.165) is 24.2 Å². The summed E-state index contributed by atoms with van der Waals surface area (Å²) in [5, 5.41) is 11.2. The van der Waals surface area contributed by atoms with Crippen molar-refractivity contribution in [2.75, 3.05) is 46.0 Å². The van der Waals surface area contributed by atoms with Crippen LogP contribution >= 0.6 is 0 Å². The van der Waals surface area contributed by atoms with Crippen molar-refractivity contribution in [3.63, 3.8) is 0 Å². The minimum Gasteiger partial charge on any atom is -0.507 e. The first-order valence-corrected chi connectivity index (χ1v) is 11.5. The van der Waals surface area contributed by atoms with E-state index in [9.17, 15) is 14.7 Å². The third-order valence-electron chi connectivity index (χ3n) is 6.19. The monoisotopic (exact) mass is 462 g/mol. The summed E-state index contributed by atoms with van der Waals surface area (Å²) < 4.78 is 10.9. The van der Waals surface area contributed by atoms with Gasteiger partial charge in [0.1, 0.15) is 18.1 Å². The molecule has 2 saturated heterocycles. The number of benzene rings is 2. The maximum Gasteiger partial charge on any atom is 0.295 e. The molecule has 2 aliphatic heterocycles. The average Bonchev–Trinajstić information content (AvgIpc) is 3.12. The first-order valence-electron chi connectivity index (χ1n) is 11.5. The van der Waals surface area contributed by atoms with E-state index in [1.54, 1.807) is 35.2 Å². The Labute approximate surface area is 199 Å². The highest BCUT2D eigenvalue weighted by molar-refractivity contribution is 6.46. The number of likely N-dealkylation sites (tertiary alicyclic amines) is 1. The predicted molar refractivity (Wildman–Crippen MR) is 130 cm³/mol. The van der Waals surface area contributed by atoms with Crippen molar-refractivity contribution >= 4 is 17.4 Å². The van der Waals surface area contributed by atoms with E-state index in [1.165, 1.54) is 0 Å². The number of aliphatic hydroxyl groups is 1. The zero-order chi connectivity index (χ0) is 24.1. The summed E-state index contributed by atoms with van der Waals surface area (Å²) in [4.78, 5) is 30.1. The van der Waals surface area contributed by atoms with Gasteiger partial charge in [0.2, 0.25) is 0 Å². The first kappa shape index (κ1) is 23.7. The maximum atomic E-state index is 13.2. The zero-order valence-electron chi connectivity index (χ0n) is 19.4. The Kier molecular flexibility index (Phi) is 7.45. The summed E-state index contributed by atoms with van der Waals surface area (Å²) >= 11 is 0. The number of ketones is 1. The van der Waals surface area contributed by atoms with E-state index in [2.05, 4.69) is 11.5 Å². The van der Waals surface area contributed by atoms with Crippen LogP contribution in [0.15, 0.2) is 66.8 Å². The number of nitrogens with zero attached hydrogens (tertiary/aromatic N) is 2. The number of carbonyl (C=O) groups is 2. The van der Waals surface area contributed by atoms with Crippen LogP contribution in [-0.2, 0) is 14.3 Å². The van der Waals surface area contributed by atoms with E-state index in [0.29, 0.717) is 44.2 Å². The Hall–Kier alpha value is -3.42. The molecule has 2 aromatic carbocycles. The van der Waals surface area contributed by atoms with Crippen molar-refractivity contribution < 1.29 is 24.2 Å². The highest BCUT2D eigenvalue weighted by atomic mass is 16.5. The van der Waals surface area contributed by atoms with Gasteiger partial charge in [-0.05, 0) is 36.8 Å². The van der Waals surface area contributed by atoms with Crippen LogP contribution in [0.5, 0.6) is 5.75 Å². The summed E-state index contributed by atoms with van der Waals surface area (Å²) in [5.74, 6) is -0.825. The fourth-order valence-electron chi connectivity index (χ4n) is 4.30. The topological polar surface area (TPSA) is 79.3 Å². The van der Waals surface area contributed by atoms with Gasteiger partial charge < -0.3 is 19.5 Å². The minimum absolute atomic E-state index is 0.107. The van der Waals surface area contributed by atoms with Gasteiger partial charge in [-0.15, -0.1) is 0 Å². The molecule has 0 aliphatic carbocycles. The van der Waals surface area contributed by atoms with E-state index in [1.807, 2.05) is 31.2 Å². The fraction of sp³-hybridized carbons (Fsp3) is 0.333. The smallest absolute Gasteiger partial charge is 0.295 e. The molecule has 2 aliphatic rings. The second-order valence-corrected chi connectivity index (χ2v) is 8.48. The van der Waals surface area contributed by atoms with E-state index in [-0.39, 0.29) is 11.3 Å². The van der Waals surface area contributed by atoms with Crippen LogP contribution in [0.1, 0.15) is 22.7 Å². The first-order chi connectivity index (χ1) is 16.5. The Morgan fingerprint density at radius 3 is 2.41 bits per heavy atom. The molecular formula is C27H30N2O5.